The number of carbonyl (C=O) groups is 1. The second-order valence-corrected chi connectivity index (χ2v) is 7.03. The van der Waals surface area contributed by atoms with Gasteiger partial charge in [0.15, 0.2) is 9.84 Å². The van der Waals surface area contributed by atoms with Crippen LogP contribution in [0.2, 0.25) is 0 Å². The number of amides is 2. The fourth-order valence-corrected chi connectivity index (χ4v) is 3.71. The average molecular weight is 316 g/mol. The van der Waals surface area contributed by atoms with Crippen LogP contribution in [0.1, 0.15) is 6.42 Å². The van der Waals surface area contributed by atoms with Crippen molar-refractivity contribution in [1.29, 1.82) is 0 Å². The molecule has 1 atom stereocenters. The van der Waals surface area contributed by atoms with Crippen molar-refractivity contribution in [3.63, 3.8) is 0 Å². The second kappa shape index (κ2) is 6.75. The third-order valence-electron chi connectivity index (χ3n) is 3.02. The summed E-state index contributed by atoms with van der Waals surface area (Å²) in [6.45, 7) is 0.432. The van der Waals surface area contributed by atoms with Gasteiger partial charge in [-0.1, -0.05) is 6.07 Å². The zero-order chi connectivity index (χ0) is 15.3. The molecule has 2 amide bonds. The molecular weight excluding hydrogens is 299 g/mol. The van der Waals surface area contributed by atoms with Gasteiger partial charge in [0, 0.05) is 12.1 Å². The largest absolute Gasteiger partial charge is 0.492 e. The van der Waals surface area contributed by atoms with Crippen LogP contribution in [0.5, 0.6) is 5.75 Å². The molecule has 1 aromatic carbocycles. The summed E-state index contributed by atoms with van der Waals surface area (Å²) in [6, 6.07) is 4.95. The van der Waals surface area contributed by atoms with Gasteiger partial charge in [0.1, 0.15) is 18.2 Å². The van der Waals surface area contributed by atoms with Gasteiger partial charge in [-0.05, 0) is 18.6 Å². The molecule has 0 spiro atoms. The molecule has 2 rings (SSSR count). The van der Waals surface area contributed by atoms with Gasteiger partial charge in [0.25, 0.3) is 0 Å². The monoisotopic (exact) mass is 316 g/mol. The standard InChI is InChI=1S/C13H17FN2O4S/c14-10-2-1-3-12(8-10)20-6-5-15-13(17)16-11-4-7-21(18,19)9-11/h1-3,8,11H,4-7,9H2,(H2,15,16,17)/t11-/m0/s1. The Morgan fingerprint density at radius 2 is 2.24 bits per heavy atom. The summed E-state index contributed by atoms with van der Waals surface area (Å²) in [4.78, 5) is 11.5. The summed E-state index contributed by atoms with van der Waals surface area (Å²) in [6.07, 6.45) is 0.440. The van der Waals surface area contributed by atoms with E-state index in [0.29, 0.717) is 12.2 Å². The van der Waals surface area contributed by atoms with Crippen LogP contribution in [0, 0.1) is 5.82 Å². The van der Waals surface area contributed by atoms with Crippen molar-refractivity contribution in [1.82, 2.24) is 10.6 Å². The number of nitrogens with one attached hydrogen (secondary N) is 2. The van der Waals surface area contributed by atoms with Crippen LogP contribution in [0.25, 0.3) is 0 Å². The third-order valence-corrected chi connectivity index (χ3v) is 4.79. The molecule has 0 unspecified atom stereocenters. The van der Waals surface area contributed by atoms with Crippen LogP contribution in [0.3, 0.4) is 0 Å². The summed E-state index contributed by atoms with van der Waals surface area (Å²) in [7, 11) is -3.01. The average Bonchev–Trinajstić information content (AvgIpc) is 2.74. The number of benzene rings is 1. The lowest BCUT2D eigenvalue weighted by molar-refractivity contribution is 0.233. The highest BCUT2D eigenvalue weighted by Crippen LogP contribution is 2.12. The van der Waals surface area contributed by atoms with Crippen LogP contribution in [0.4, 0.5) is 9.18 Å². The van der Waals surface area contributed by atoms with E-state index in [1.54, 1.807) is 6.07 Å². The van der Waals surface area contributed by atoms with Crippen LogP contribution in [0.15, 0.2) is 24.3 Å². The minimum Gasteiger partial charge on any atom is -0.492 e. The lowest BCUT2D eigenvalue weighted by Gasteiger charge is -2.12. The predicted molar refractivity (Wildman–Crippen MR) is 75.5 cm³/mol. The van der Waals surface area contributed by atoms with Crippen LogP contribution in [-0.2, 0) is 9.84 Å². The molecule has 2 N–H and O–H groups in total. The smallest absolute Gasteiger partial charge is 0.315 e. The summed E-state index contributed by atoms with van der Waals surface area (Å²) in [5.74, 6) is 0.0978. The first-order valence-corrected chi connectivity index (χ1v) is 8.40. The number of ether oxygens (including phenoxy) is 1. The first-order chi connectivity index (χ1) is 9.94. The first-order valence-electron chi connectivity index (χ1n) is 6.58. The molecule has 6 nitrogen and oxygen atoms in total. The van der Waals surface area contributed by atoms with E-state index in [4.69, 9.17) is 4.74 Å². The maximum atomic E-state index is 12.9. The Balaban J connectivity index is 1.64. The van der Waals surface area contributed by atoms with Crippen molar-refractivity contribution in [3.05, 3.63) is 30.1 Å². The quantitative estimate of drug-likeness (QED) is 0.783. The molecule has 116 valence electrons. The molecule has 8 heteroatoms. The van der Waals surface area contributed by atoms with Crippen molar-refractivity contribution in [2.45, 2.75) is 12.5 Å². The van der Waals surface area contributed by atoms with E-state index in [0.717, 1.165) is 0 Å². The molecule has 0 aromatic heterocycles. The van der Waals surface area contributed by atoms with Gasteiger partial charge in [-0.2, -0.15) is 0 Å². The normalized spacial score (nSPS) is 20.0. The molecule has 0 bridgehead atoms. The van der Waals surface area contributed by atoms with E-state index in [1.807, 2.05) is 0 Å². The lowest BCUT2D eigenvalue weighted by Crippen LogP contribution is -2.43. The van der Waals surface area contributed by atoms with E-state index in [1.165, 1.54) is 18.2 Å². The Kier molecular flexibility index (Phi) is 5.00. The molecule has 1 aliphatic rings. The van der Waals surface area contributed by atoms with Crippen molar-refractivity contribution < 1.29 is 22.3 Å². The fraction of sp³-hybridized carbons (Fsp3) is 0.462. The molecule has 1 aliphatic heterocycles. The number of hydrogen-bond acceptors (Lipinski definition) is 4. The van der Waals surface area contributed by atoms with Crippen molar-refractivity contribution >= 4 is 15.9 Å². The number of carbonyl (C=O) groups excluding carboxylic acids is 1. The van der Waals surface area contributed by atoms with E-state index in [-0.39, 0.29) is 36.5 Å². The Morgan fingerprint density at radius 3 is 2.90 bits per heavy atom. The van der Waals surface area contributed by atoms with Crippen LogP contribution < -0.4 is 15.4 Å². The number of halogens is 1. The highest BCUT2D eigenvalue weighted by molar-refractivity contribution is 7.91. The van der Waals surface area contributed by atoms with Crippen molar-refractivity contribution in [3.8, 4) is 5.75 Å². The van der Waals surface area contributed by atoms with Gasteiger partial charge in [-0.15, -0.1) is 0 Å². The molecule has 1 fully saturated rings. The van der Waals surface area contributed by atoms with Crippen molar-refractivity contribution in [2.75, 3.05) is 24.7 Å². The summed E-state index contributed by atoms with van der Waals surface area (Å²) in [5, 5.41) is 5.16. The summed E-state index contributed by atoms with van der Waals surface area (Å²) in [5.41, 5.74) is 0. The fourth-order valence-electron chi connectivity index (χ4n) is 2.04. The van der Waals surface area contributed by atoms with Gasteiger partial charge in [0.05, 0.1) is 18.1 Å². The minimum absolute atomic E-state index is 0.0137. The maximum absolute atomic E-state index is 12.9. The van der Waals surface area contributed by atoms with Gasteiger partial charge in [-0.3, -0.25) is 0 Å². The van der Waals surface area contributed by atoms with Crippen LogP contribution in [-0.4, -0.2) is 45.1 Å². The molecular formula is C13H17FN2O4S. The molecule has 0 saturated carbocycles. The Labute approximate surface area is 122 Å². The zero-order valence-corrected chi connectivity index (χ0v) is 12.2. The van der Waals surface area contributed by atoms with Gasteiger partial charge in [0.2, 0.25) is 0 Å². The lowest BCUT2D eigenvalue weighted by atomic mass is 10.3. The zero-order valence-electron chi connectivity index (χ0n) is 11.3. The SMILES string of the molecule is O=C(NCCOc1cccc(F)c1)N[C@H]1CCS(=O)(=O)C1. The number of urea groups is 1. The Bertz CT molecular complexity index is 606. The summed E-state index contributed by atoms with van der Waals surface area (Å²) < 4.78 is 40.6. The number of rotatable bonds is 5. The van der Waals surface area contributed by atoms with E-state index in [9.17, 15) is 17.6 Å². The second-order valence-electron chi connectivity index (χ2n) is 4.81. The molecule has 21 heavy (non-hydrogen) atoms. The number of sulfone groups is 1. The number of hydrogen-bond donors (Lipinski definition) is 2. The van der Waals surface area contributed by atoms with Gasteiger partial charge in [-0.25, -0.2) is 17.6 Å². The van der Waals surface area contributed by atoms with Gasteiger partial charge < -0.3 is 15.4 Å². The summed E-state index contributed by atoms with van der Waals surface area (Å²) >= 11 is 0. The molecule has 1 saturated heterocycles. The van der Waals surface area contributed by atoms with Crippen molar-refractivity contribution in [2.24, 2.45) is 0 Å². The Hall–Kier alpha value is -1.83. The Morgan fingerprint density at radius 1 is 1.43 bits per heavy atom. The molecule has 1 aromatic rings. The van der Waals surface area contributed by atoms with E-state index in [2.05, 4.69) is 10.6 Å². The van der Waals surface area contributed by atoms with E-state index < -0.39 is 15.9 Å². The van der Waals surface area contributed by atoms with Crippen LogP contribution >= 0.6 is 0 Å². The highest BCUT2D eigenvalue weighted by atomic mass is 32.2. The third kappa shape index (κ3) is 5.22. The highest BCUT2D eigenvalue weighted by Gasteiger charge is 2.28. The molecule has 0 radical (unpaired) electrons. The predicted octanol–water partition coefficient (Wildman–Crippen LogP) is 0.691. The minimum atomic E-state index is -3.01. The maximum Gasteiger partial charge on any atom is 0.315 e. The van der Waals surface area contributed by atoms with Gasteiger partial charge >= 0.3 is 6.03 Å². The molecule has 1 heterocycles. The first kappa shape index (κ1) is 15.6. The topological polar surface area (TPSA) is 84.5 Å². The molecule has 0 aliphatic carbocycles. The van der Waals surface area contributed by atoms with E-state index >= 15 is 0 Å².